The van der Waals surface area contributed by atoms with Crippen LogP contribution in [0.4, 0.5) is 4.39 Å². The van der Waals surface area contributed by atoms with Gasteiger partial charge < -0.3 is 0 Å². The van der Waals surface area contributed by atoms with Crippen molar-refractivity contribution in [2.45, 2.75) is 32.2 Å². The number of halogens is 1. The molecule has 0 spiro atoms. The number of piperidine rings is 1. The van der Waals surface area contributed by atoms with Gasteiger partial charge in [-0.15, -0.1) is 0 Å². The molecule has 1 atom stereocenters. The van der Waals surface area contributed by atoms with Crippen molar-refractivity contribution in [3.63, 3.8) is 0 Å². The number of carbonyl (C=O) groups excluding carboxylic acids is 1. The molecule has 2 nitrogen and oxygen atoms in total. The minimum atomic E-state index is -1.20. The number of carbonyl (C=O) groups is 1. The van der Waals surface area contributed by atoms with Gasteiger partial charge in [-0.05, 0) is 32.9 Å². The van der Waals surface area contributed by atoms with Crippen molar-refractivity contribution in [2.75, 3.05) is 13.1 Å². The molecule has 1 saturated heterocycles. The largest absolute Gasteiger partial charge is 0.318 e. The van der Waals surface area contributed by atoms with Gasteiger partial charge in [0.05, 0.1) is 6.04 Å². The zero-order valence-electron chi connectivity index (χ0n) is 6.85. The minimum absolute atomic E-state index is 0.518. The molecule has 0 aliphatic carbocycles. The Hall–Kier alpha value is -0.440. The Morgan fingerprint density at radius 3 is 2.36 bits per heavy atom. The van der Waals surface area contributed by atoms with Gasteiger partial charge in [-0.1, -0.05) is 6.42 Å². The second-order valence-electron chi connectivity index (χ2n) is 3.08. The highest BCUT2D eigenvalue weighted by Gasteiger charge is 2.21. The molecule has 64 valence electrons. The van der Waals surface area contributed by atoms with Crippen LogP contribution in [0.3, 0.4) is 0 Å². The maximum atomic E-state index is 12.2. The highest BCUT2D eigenvalue weighted by Crippen LogP contribution is 2.12. The SMILES string of the molecule is CC(C(=O)F)N1CCCCC1. The lowest BCUT2D eigenvalue weighted by Gasteiger charge is -2.29. The van der Waals surface area contributed by atoms with E-state index in [4.69, 9.17) is 0 Å². The summed E-state index contributed by atoms with van der Waals surface area (Å²) in [7, 11) is 0. The number of rotatable bonds is 2. The molecule has 1 rings (SSSR count). The molecule has 0 saturated carbocycles. The zero-order chi connectivity index (χ0) is 8.27. The van der Waals surface area contributed by atoms with Gasteiger partial charge in [0, 0.05) is 0 Å². The molecule has 1 aliphatic heterocycles. The van der Waals surface area contributed by atoms with E-state index in [1.54, 1.807) is 6.92 Å². The summed E-state index contributed by atoms with van der Waals surface area (Å²) in [4.78, 5) is 12.2. The van der Waals surface area contributed by atoms with Crippen LogP contribution in [0.25, 0.3) is 0 Å². The van der Waals surface area contributed by atoms with Crippen LogP contribution in [0, 0.1) is 0 Å². The summed E-state index contributed by atoms with van der Waals surface area (Å²) >= 11 is 0. The average Bonchev–Trinajstić information content (AvgIpc) is 2.05. The van der Waals surface area contributed by atoms with Crippen molar-refractivity contribution in [3.8, 4) is 0 Å². The van der Waals surface area contributed by atoms with Crippen LogP contribution in [-0.2, 0) is 4.79 Å². The third-order valence-corrected chi connectivity index (χ3v) is 2.27. The first-order valence-electron chi connectivity index (χ1n) is 4.15. The van der Waals surface area contributed by atoms with Gasteiger partial charge in [-0.2, -0.15) is 4.39 Å². The molecular weight excluding hydrogens is 145 g/mol. The van der Waals surface area contributed by atoms with Crippen molar-refractivity contribution in [1.29, 1.82) is 0 Å². The predicted molar refractivity (Wildman–Crippen MR) is 41.0 cm³/mol. The molecule has 11 heavy (non-hydrogen) atoms. The van der Waals surface area contributed by atoms with Crippen LogP contribution in [-0.4, -0.2) is 30.1 Å². The number of nitrogens with zero attached hydrogens (tertiary/aromatic N) is 1. The highest BCUT2D eigenvalue weighted by molar-refractivity contribution is 5.73. The van der Waals surface area contributed by atoms with E-state index < -0.39 is 12.1 Å². The van der Waals surface area contributed by atoms with E-state index in [-0.39, 0.29) is 0 Å². The number of hydrogen-bond acceptors (Lipinski definition) is 2. The summed E-state index contributed by atoms with van der Waals surface area (Å²) in [5.74, 6) is 0. The molecule has 0 N–H and O–H groups in total. The third kappa shape index (κ3) is 2.26. The molecule has 0 aromatic carbocycles. The van der Waals surface area contributed by atoms with E-state index in [9.17, 15) is 9.18 Å². The quantitative estimate of drug-likeness (QED) is 0.567. The first kappa shape index (κ1) is 8.65. The summed E-state index contributed by atoms with van der Waals surface area (Å²) in [5, 5.41) is 0. The van der Waals surface area contributed by atoms with Crippen molar-refractivity contribution < 1.29 is 9.18 Å². The zero-order valence-corrected chi connectivity index (χ0v) is 6.85. The Labute approximate surface area is 66.4 Å². The first-order valence-corrected chi connectivity index (χ1v) is 4.15. The van der Waals surface area contributed by atoms with Gasteiger partial charge in [-0.25, -0.2) is 0 Å². The molecular formula is C8H14FNO. The lowest BCUT2D eigenvalue weighted by atomic mass is 10.1. The van der Waals surface area contributed by atoms with Gasteiger partial charge in [0.1, 0.15) is 0 Å². The van der Waals surface area contributed by atoms with Crippen molar-refractivity contribution >= 4 is 6.04 Å². The van der Waals surface area contributed by atoms with E-state index >= 15 is 0 Å². The standard InChI is InChI=1S/C8H14FNO/c1-7(8(9)11)10-5-3-2-4-6-10/h7H,2-6H2,1H3. The predicted octanol–water partition coefficient (Wildman–Crippen LogP) is 1.36. The van der Waals surface area contributed by atoms with Crippen molar-refractivity contribution in [2.24, 2.45) is 0 Å². The van der Waals surface area contributed by atoms with E-state index in [2.05, 4.69) is 0 Å². The molecule has 3 heteroatoms. The summed E-state index contributed by atoms with van der Waals surface area (Å²) < 4.78 is 12.2. The highest BCUT2D eigenvalue weighted by atomic mass is 19.1. The minimum Gasteiger partial charge on any atom is -0.291 e. The van der Waals surface area contributed by atoms with Gasteiger partial charge in [0.2, 0.25) is 0 Å². The summed E-state index contributed by atoms with van der Waals surface area (Å²) in [5.41, 5.74) is 0. The molecule has 0 aromatic rings. The molecule has 0 aromatic heterocycles. The Morgan fingerprint density at radius 2 is 1.91 bits per heavy atom. The topological polar surface area (TPSA) is 20.3 Å². The average molecular weight is 159 g/mol. The van der Waals surface area contributed by atoms with E-state index in [0.29, 0.717) is 0 Å². The molecule has 1 fully saturated rings. The third-order valence-electron chi connectivity index (χ3n) is 2.27. The summed E-state index contributed by atoms with van der Waals surface area (Å²) in [6, 6.07) is -1.72. The molecule has 1 aliphatic rings. The van der Waals surface area contributed by atoms with Crippen molar-refractivity contribution in [3.05, 3.63) is 0 Å². The smallest absolute Gasteiger partial charge is 0.291 e. The van der Waals surface area contributed by atoms with Crippen LogP contribution in [0.5, 0.6) is 0 Å². The Balaban J connectivity index is 2.38. The van der Waals surface area contributed by atoms with Crippen LogP contribution in [0.15, 0.2) is 0 Å². The summed E-state index contributed by atoms with van der Waals surface area (Å²) in [6.07, 6.45) is 3.40. The Morgan fingerprint density at radius 1 is 1.36 bits per heavy atom. The van der Waals surface area contributed by atoms with E-state index in [0.717, 1.165) is 25.9 Å². The lowest BCUT2D eigenvalue weighted by Crippen LogP contribution is -2.40. The van der Waals surface area contributed by atoms with Crippen molar-refractivity contribution in [1.82, 2.24) is 4.90 Å². The van der Waals surface area contributed by atoms with Crippen LogP contribution in [0.1, 0.15) is 26.2 Å². The summed E-state index contributed by atoms with van der Waals surface area (Å²) in [6.45, 7) is 3.38. The number of likely N-dealkylation sites (tertiary alicyclic amines) is 1. The van der Waals surface area contributed by atoms with Crippen LogP contribution in [0.2, 0.25) is 0 Å². The van der Waals surface area contributed by atoms with Gasteiger partial charge >= 0.3 is 6.04 Å². The molecule has 1 heterocycles. The monoisotopic (exact) mass is 159 g/mol. The second-order valence-corrected chi connectivity index (χ2v) is 3.08. The van der Waals surface area contributed by atoms with E-state index in [1.807, 2.05) is 4.90 Å². The van der Waals surface area contributed by atoms with Gasteiger partial charge in [0.15, 0.2) is 0 Å². The molecule has 0 radical (unpaired) electrons. The molecule has 1 unspecified atom stereocenters. The lowest BCUT2D eigenvalue weighted by molar-refractivity contribution is -0.134. The number of hydrogen-bond donors (Lipinski definition) is 0. The van der Waals surface area contributed by atoms with Gasteiger partial charge in [-0.3, -0.25) is 9.69 Å². The fourth-order valence-corrected chi connectivity index (χ4v) is 1.45. The van der Waals surface area contributed by atoms with E-state index in [1.165, 1.54) is 6.42 Å². The Kier molecular flexibility index (Phi) is 3.00. The molecule has 0 amide bonds. The van der Waals surface area contributed by atoms with Crippen LogP contribution >= 0.6 is 0 Å². The Bertz CT molecular complexity index is 143. The fourth-order valence-electron chi connectivity index (χ4n) is 1.45. The maximum Gasteiger partial charge on any atom is 0.318 e. The van der Waals surface area contributed by atoms with Gasteiger partial charge in [0.25, 0.3) is 0 Å². The fraction of sp³-hybridized carbons (Fsp3) is 0.875. The molecule has 0 bridgehead atoms. The maximum absolute atomic E-state index is 12.2. The first-order chi connectivity index (χ1) is 5.22. The normalized spacial score (nSPS) is 23.1. The second kappa shape index (κ2) is 3.81. The van der Waals surface area contributed by atoms with Crippen LogP contribution < -0.4 is 0 Å².